The van der Waals surface area contributed by atoms with Crippen molar-refractivity contribution < 1.29 is 9.59 Å². The Morgan fingerprint density at radius 3 is 3.00 bits per heavy atom. The highest BCUT2D eigenvalue weighted by Gasteiger charge is 2.32. The predicted molar refractivity (Wildman–Crippen MR) is 67.6 cm³/mol. The molecule has 2 amide bonds. The van der Waals surface area contributed by atoms with Crippen LogP contribution in [0.2, 0.25) is 0 Å². The summed E-state index contributed by atoms with van der Waals surface area (Å²) in [6, 6.07) is 5.07. The molecule has 0 aromatic heterocycles. The number of halogens is 1. The van der Waals surface area contributed by atoms with E-state index in [2.05, 4.69) is 31.9 Å². The minimum Gasteiger partial charge on any atom is -0.358 e. The minimum atomic E-state index is -0.488. The van der Waals surface area contributed by atoms with E-state index in [0.29, 0.717) is 0 Å². The molecule has 1 unspecified atom stereocenters. The first-order valence-electron chi connectivity index (χ1n) is 5.16. The molecule has 1 aromatic carbocycles. The van der Waals surface area contributed by atoms with E-state index in [0.717, 1.165) is 15.7 Å². The van der Waals surface area contributed by atoms with Gasteiger partial charge in [-0.3, -0.25) is 14.9 Å². The van der Waals surface area contributed by atoms with Gasteiger partial charge in [-0.1, -0.05) is 22.0 Å². The van der Waals surface area contributed by atoms with Gasteiger partial charge in [-0.25, -0.2) is 0 Å². The molecule has 3 N–H and O–H groups in total. The molecule has 1 atom stereocenters. The molecule has 0 radical (unpaired) electrons. The summed E-state index contributed by atoms with van der Waals surface area (Å²) < 4.78 is 0.850. The number of hydrogen-bond acceptors (Lipinski definition) is 3. The fraction of sp³-hybridized carbons (Fsp3) is 0.273. The molecule has 5 nitrogen and oxygen atoms in total. The van der Waals surface area contributed by atoms with Gasteiger partial charge in [0.05, 0.1) is 6.54 Å². The topological polar surface area (TPSA) is 70.2 Å². The second-order valence-corrected chi connectivity index (χ2v) is 4.53. The highest BCUT2D eigenvalue weighted by atomic mass is 79.9. The van der Waals surface area contributed by atoms with Gasteiger partial charge in [0, 0.05) is 22.8 Å². The molecule has 0 aliphatic carbocycles. The van der Waals surface area contributed by atoms with Crippen molar-refractivity contribution in [2.24, 2.45) is 0 Å². The normalized spacial score (nSPS) is 17.5. The Morgan fingerprint density at radius 1 is 1.53 bits per heavy atom. The van der Waals surface area contributed by atoms with Gasteiger partial charge in [-0.2, -0.15) is 0 Å². The van der Waals surface area contributed by atoms with Crippen LogP contribution in [-0.2, 0) is 9.59 Å². The van der Waals surface area contributed by atoms with Gasteiger partial charge in [0.1, 0.15) is 6.04 Å². The summed E-state index contributed by atoms with van der Waals surface area (Å²) in [5.41, 5.74) is 1.63. The fourth-order valence-electron chi connectivity index (χ4n) is 1.75. The van der Waals surface area contributed by atoms with Crippen molar-refractivity contribution in [1.29, 1.82) is 0 Å². The Kier molecular flexibility index (Phi) is 3.44. The van der Waals surface area contributed by atoms with E-state index < -0.39 is 6.04 Å². The SMILES string of the molecule is CNC(=O)CNC1C(=O)Nc2cccc(Br)c21. The zero-order valence-electron chi connectivity index (χ0n) is 9.21. The van der Waals surface area contributed by atoms with E-state index in [1.165, 1.54) is 0 Å². The number of amides is 2. The molecule has 17 heavy (non-hydrogen) atoms. The summed E-state index contributed by atoms with van der Waals surface area (Å²) in [5.74, 6) is -0.297. The number of likely N-dealkylation sites (N-methyl/N-ethyl adjacent to an activating group) is 1. The van der Waals surface area contributed by atoms with Crippen LogP contribution < -0.4 is 16.0 Å². The molecule has 2 rings (SSSR count). The molecule has 0 spiro atoms. The van der Waals surface area contributed by atoms with Crippen molar-refractivity contribution in [1.82, 2.24) is 10.6 Å². The Bertz CT molecular complexity index is 476. The number of hydrogen-bond donors (Lipinski definition) is 3. The molecule has 1 aliphatic rings. The first kappa shape index (κ1) is 12.1. The lowest BCUT2D eigenvalue weighted by Crippen LogP contribution is -2.36. The van der Waals surface area contributed by atoms with Gasteiger partial charge < -0.3 is 10.6 Å². The number of anilines is 1. The van der Waals surface area contributed by atoms with E-state index in [4.69, 9.17) is 0 Å². The largest absolute Gasteiger partial charge is 0.358 e. The molecule has 0 fully saturated rings. The molecule has 6 heteroatoms. The van der Waals surface area contributed by atoms with Crippen molar-refractivity contribution in [3.8, 4) is 0 Å². The third-order valence-corrected chi connectivity index (χ3v) is 3.30. The first-order chi connectivity index (χ1) is 8.13. The smallest absolute Gasteiger partial charge is 0.246 e. The second-order valence-electron chi connectivity index (χ2n) is 3.68. The fourth-order valence-corrected chi connectivity index (χ4v) is 2.35. The number of carbonyl (C=O) groups is 2. The minimum absolute atomic E-state index is 0.107. The second kappa shape index (κ2) is 4.85. The van der Waals surface area contributed by atoms with Crippen LogP contribution in [0.25, 0.3) is 0 Å². The monoisotopic (exact) mass is 297 g/mol. The van der Waals surface area contributed by atoms with Crippen LogP contribution in [0.1, 0.15) is 11.6 Å². The molecule has 1 aromatic rings. The average Bonchev–Trinajstić information content (AvgIpc) is 2.63. The summed E-state index contributed by atoms with van der Waals surface area (Å²) in [7, 11) is 1.56. The van der Waals surface area contributed by atoms with Crippen molar-refractivity contribution in [3.63, 3.8) is 0 Å². The zero-order valence-corrected chi connectivity index (χ0v) is 10.8. The molecule has 0 bridgehead atoms. The van der Waals surface area contributed by atoms with Crippen LogP contribution in [0, 0.1) is 0 Å². The Balaban J connectivity index is 2.20. The Labute approximate surface area is 107 Å². The lowest BCUT2D eigenvalue weighted by atomic mass is 10.1. The van der Waals surface area contributed by atoms with Crippen molar-refractivity contribution >= 4 is 33.4 Å². The molecule has 0 saturated heterocycles. The molecule has 90 valence electrons. The summed E-state index contributed by atoms with van der Waals surface area (Å²) in [6.07, 6.45) is 0. The van der Waals surface area contributed by atoms with Crippen LogP contribution in [0.3, 0.4) is 0 Å². The van der Waals surface area contributed by atoms with Gasteiger partial charge in [0.25, 0.3) is 0 Å². The van der Waals surface area contributed by atoms with Gasteiger partial charge in [0.15, 0.2) is 0 Å². The Morgan fingerprint density at radius 2 is 2.29 bits per heavy atom. The van der Waals surface area contributed by atoms with Crippen LogP contribution in [0.15, 0.2) is 22.7 Å². The predicted octanol–water partition coefficient (Wildman–Crippen LogP) is 0.778. The van der Waals surface area contributed by atoms with E-state index >= 15 is 0 Å². The van der Waals surface area contributed by atoms with Gasteiger partial charge >= 0.3 is 0 Å². The highest BCUT2D eigenvalue weighted by molar-refractivity contribution is 9.10. The number of nitrogens with one attached hydrogen (secondary N) is 3. The van der Waals surface area contributed by atoms with E-state index in [-0.39, 0.29) is 18.4 Å². The summed E-state index contributed by atoms with van der Waals surface area (Å²) in [4.78, 5) is 22.9. The van der Waals surface area contributed by atoms with Crippen molar-refractivity contribution in [2.75, 3.05) is 18.9 Å². The number of benzene rings is 1. The van der Waals surface area contributed by atoms with Crippen molar-refractivity contribution in [2.45, 2.75) is 6.04 Å². The van der Waals surface area contributed by atoms with Crippen LogP contribution >= 0.6 is 15.9 Å². The first-order valence-corrected chi connectivity index (χ1v) is 5.96. The van der Waals surface area contributed by atoms with Crippen LogP contribution in [-0.4, -0.2) is 25.4 Å². The third kappa shape index (κ3) is 2.32. The number of rotatable bonds is 3. The zero-order chi connectivity index (χ0) is 12.4. The maximum Gasteiger partial charge on any atom is 0.246 e. The molecular formula is C11H12BrN3O2. The molecule has 1 heterocycles. The maximum atomic E-state index is 11.8. The van der Waals surface area contributed by atoms with E-state index in [1.807, 2.05) is 18.2 Å². The lowest BCUT2D eigenvalue weighted by Gasteiger charge is -2.11. The summed E-state index contributed by atoms with van der Waals surface area (Å²) >= 11 is 3.41. The molecule has 0 saturated carbocycles. The maximum absolute atomic E-state index is 11.8. The highest BCUT2D eigenvalue weighted by Crippen LogP contribution is 2.36. The van der Waals surface area contributed by atoms with Gasteiger partial charge in [-0.15, -0.1) is 0 Å². The van der Waals surface area contributed by atoms with Gasteiger partial charge in [0.2, 0.25) is 11.8 Å². The van der Waals surface area contributed by atoms with Gasteiger partial charge in [-0.05, 0) is 12.1 Å². The Hall–Kier alpha value is -1.40. The van der Waals surface area contributed by atoms with Crippen LogP contribution in [0.4, 0.5) is 5.69 Å². The van der Waals surface area contributed by atoms with E-state index in [9.17, 15) is 9.59 Å². The number of fused-ring (bicyclic) bond motifs is 1. The standard InChI is InChI=1S/C11H12BrN3O2/c1-13-8(16)5-14-10-9-6(12)3-2-4-7(9)15-11(10)17/h2-4,10,14H,5H2,1H3,(H,13,16)(H,15,17). The third-order valence-electron chi connectivity index (χ3n) is 2.61. The molecular weight excluding hydrogens is 286 g/mol. The van der Waals surface area contributed by atoms with Crippen LogP contribution in [0.5, 0.6) is 0 Å². The summed E-state index contributed by atoms with van der Waals surface area (Å²) in [5, 5.41) is 8.19. The van der Waals surface area contributed by atoms with E-state index in [1.54, 1.807) is 7.05 Å². The lowest BCUT2D eigenvalue weighted by molar-refractivity contribution is -0.120. The quantitative estimate of drug-likeness (QED) is 0.772. The number of carbonyl (C=O) groups excluding carboxylic acids is 2. The summed E-state index contributed by atoms with van der Waals surface area (Å²) in [6.45, 7) is 0.107. The average molecular weight is 298 g/mol. The molecule has 1 aliphatic heterocycles. The van der Waals surface area contributed by atoms with Crippen molar-refractivity contribution in [3.05, 3.63) is 28.2 Å².